The van der Waals surface area contributed by atoms with Gasteiger partial charge in [-0.3, -0.25) is 4.79 Å². The summed E-state index contributed by atoms with van der Waals surface area (Å²) in [6.45, 7) is 4.52. The Morgan fingerprint density at radius 2 is 2.20 bits per heavy atom. The molecule has 1 rings (SSSR count). The molecule has 0 aromatic carbocycles. The number of hydrogen-bond donors (Lipinski definition) is 1. The molecule has 58 valence electrons. The van der Waals surface area contributed by atoms with E-state index in [9.17, 15) is 4.79 Å². The van der Waals surface area contributed by atoms with E-state index >= 15 is 0 Å². The van der Waals surface area contributed by atoms with Crippen LogP contribution in [0.15, 0.2) is 0 Å². The zero-order valence-corrected chi connectivity index (χ0v) is 6.39. The quantitative estimate of drug-likeness (QED) is 0.529. The Kier molecular flexibility index (Phi) is 2.27. The Bertz CT molecular complexity index is 136. The highest BCUT2D eigenvalue weighted by Gasteiger charge is 2.17. The van der Waals surface area contributed by atoms with E-state index in [0.29, 0.717) is 13.0 Å². The molecule has 0 aromatic heterocycles. The Labute approximate surface area is 60.7 Å². The third-order valence-electron chi connectivity index (χ3n) is 1.52. The number of amides is 1. The monoisotopic (exact) mass is 143 g/mol. The molecule has 1 aliphatic rings. The van der Waals surface area contributed by atoms with Gasteiger partial charge in [0.25, 0.3) is 0 Å². The minimum absolute atomic E-state index is 0.0671. The molecule has 1 amide bonds. The summed E-state index contributed by atoms with van der Waals surface area (Å²) in [5.41, 5.74) is 0. The molecule has 1 saturated heterocycles. The van der Waals surface area contributed by atoms with Crippen molar-refractivity contribution < 1.29 is 9.53 Å². The van der Waals surface area contributed by atoms with Crippen molar-refractivity contribution in [3.05, 3.63) is 0 Å². The van der Waals surface area contributed by atoms with Gasteiger partial charge in [-0.15, -0.1) is 0 Å². The van der Waals surface area contributed by atoms with Gasteiger partial charge >= 0.3 is 0 Å². The predicted octanol–water partition coefficient (Wildman–Crippen LogP) is 0.300. The third kappa shape index (κ3) is 1.99. The largest absolute Gasteiger partial charge is 0.373 e. The van der Waals surface area contributed by atoms with Crippen molar-refractivity contribution in [3.8, 4) is 0 Å². The molecule has 1 aliphatic heterocycles. The summed E-state index contributed by atoms with van der Waals surface area (Å²) in [5.74, 6) is 0.0943. The van der Waals surface area contributed by atoms with E-state index in [0.717, 1.165) is 0 Å². The van der Waals surface area contributed by atoms with Gasteiger partial charge in [0.05, 0.1) is 18.6 Å². The maximum atomic E-state index is 10.8. The van der Waals surface area contributed by atoms with Gasteiger partial charge in [-0.1, -0.05) is 0 Å². The maximum Gasteiger partial charge on any atom is 0.222 e. The first kappa shape index (κ1) is 7.54. The summed E-state index contributed by atoms with van der Waals surface area (Å²) >= 11 is 0. The van der Waals surface area contributed by atoms with Crippen LogP contribution in [0, 0.1) is 0 Å². The van der Waals surface area contributed by atoms with E-state index in [1.807, 2.05) is 13.8 Å². The molecule has 3 nitrogen and oxygen atoms in total. The second-order valence-corrected chi connectivity index (χ2v) is 2.77. The molecular formula is C7H13NO2. The molecule has 0 unspecified atom stereocenters. The Morgan fingerprint density at radius 1 is 1.50 bits per heavy atom. The Balaban J connectivity index is 2.46. The summed E-state index contributed by atoms with van der Waals surface area (Å²) in [4.78, 5) is 10.8. The van der Waals surface area contributed by atoms with E-state index in [1.165, 1.54) is 0 Å². The molecule has 0 spiro atoms. The van der Waals surface area contributed by atoms with E-state index in [4.69, 9.17) is 4.74 Å². The Hall–Kier alpha value is -0.570. The fourth-order valence-corrected chi connectivity index (χ4v) is 1.08. The zero-order valence-electron chi connectivity index (χ0n) is 6.39. The molecule has 0 radical (unpaired) electrons. The fourth-order valence-electron chi connectivity index (χ4n) is 1.08. The Morgan fingerprint density at radius 3 is 2.90 bits per heavy atom. The lowest BCUT2D eigenvalue weighted by Gasteiger charge is -2.11. The van der Waals surface area contributed by atoms with Gasteiger partial charge in [-0.05, 0) is 13.8 Å². The summed E-state index contributed by atoms with van der Waals surface area (Å²) in [7, 11) is 0. The van der Waals surface area contributed by atoms with Crippen LogP contribution < -0.4 is 5.32 Å². The van der Waals surface area contributed by atoms with Crippen molar-refractivity contribution in [1.29, 1.82) is 0 Å². The van der Waals surface area contributed by atoms with Gasteiger partial charge in [-0.25, -0.2) is 0 Å². The van der Waals surface area contributed by atoms with Crippen molar-refractivity contribution in [3.63, 3.8) is 0 Å². The minimum Gasteiger partial charge on any atom is -0.373 e. The number of ether oxygens (including phenoxy) is 1. The lowest BCUT2D eigenvalue weighted by atomic mass is 10.3. The molecule has 1 heterocycles. The van der Waals surface area contributed by atoms with Crippen LogP contribution in [0.25, 0.3) is 0 Å². The normalized spacial score (nSPS) is 34.8. The first-order valence-corrected chi connectivity index (χ1v) is 3.60. The average Bonchev–Trinajstić information content (AvgIpc) is 1.93. The molecular weight excluding hydrogens is 130 g/mol. The van der Waals surface area contributed by atoms with Gasteiger partial charge < -0.3 is 10.1 Å². The van der Waals surface area contributed by atoms with Gasteiger partial charge in [0.2, 0.25) is 5.91 Å². The molecule has 3 heteroatoms. The van der Waals surface area contributed by atoms with Crippen molar-refractivity contribution in [2.45, 2.75) is 32.5 Å². The molecule has 10 heavy (non-hydrogen) atoms. The smallest absolute Gasteiger partial charge is 0.222 e. The fraction of sp³-hybridized carbons (Fsp3) is 0.857. The van der Waals surface area contributed by atoms with E-state index in [2.05, 4.69) is 5.32 Å². The topological polar surface area (TPSA) is 38.3 Å². The first-order valence-electron chi connectivity index (χ1n) is 3.60. The predicted molar refractivity (Wildman–Crippen MR) is 37.6 cm³/mol. The zero-order chi connectivity index (χ0) is 7.56. The van der Waals surface area contributed by atoms with Crippen LogP contribution in [0.3, 0.4) is 0 Å². The summed E-state index contributed by atoms with van der Waals surface area (Å²) in [6, 6.07) is 0. The van der Waals surface area contributed by atoms with E-state index in [-0.39, 0.29) is 18.1 Å². The summed E-state index contributed by atoms with van der Waals surface area (Å²) in [5, 5.41) is 2.76. The number of carbonyl (C=O) groups is 1. The third-order valence-corrected chi connectivity index (χ3v) is 1.52. The highest BCUT2D eigenvalue weighted by atomic mass is 16.5. The lowest BCUT2D eigenvalue weighted by Crippen LogP contribution is -2.27. The molecule has 1 fully saturated rings. The first-order chi connectivity index (χ1) is 4.68. The number of hydrogen-bond acceptors (Lipinski definition) is 2. The van der Waals surface area contributed by atoms with Gasteiger partial charge in [0, 0.05) is 6.54 Å². The summed E-state index contributed by atoms with van der Waals surface area (Å²) in [6.07, 6.45) is 0.712. The highest BCUT2D eigenvalue weighted by molar-refractivity contribution is 5.76. The van der Waals surface area contributed by atoms with E-state index < -0.39 is 0 Å². The minimum atomic E-state index is 0.0671. The van der Waals surface area contributed by atoms with Crippen molar-refractivity contribution in [2.24, 2.45) is 0 Å². The molecule has 2 atom stereocenters. The molecule has 0 aliphatic carbocycles. The van der Waals surface area contributed by atoms with Crippen LogP contribution in [-0.4, -0.2) is 24.7 Å². The van der Waals surface area contributed by atoms with Crippen molar-refractivity contribution in [2.75, 3.05) is 6.54 Å². The van der Waals surface area contributed by atoms with E-state index in [1.54, 1.807) is 0 Å². The van der Waals surface area contributed by atoms with Crippen LogP contribution in [0.2, 0.25) is 0 Å². The van der Waals surface area contributed by atoms with Crippen LogP contribution >= 0.6 is 0 Å². The highest BCUT2D eigenvalue weighted by Crippen LogP contribution is 2.05. The second kappa shape index (κ2) is 3.01. The van der Waals surface area contributed by atoms with Gasteiger partial charge in [0.1, 0.15) is 0 Å². The number of rotatable bonds is 0. The molecule has 0 bridgehead atoms. The average molecular weight is 143 g/mol. The lowest BCUT2D eigenvalue weighted by molar-refractivity contribution is -0.121. The van der Waals surface area contributed by atoms with Crippen LogP contribution in [0.5, 0.6) is 0 Å². The van der Waals surface area contributed by atoms with Crippen LogP contribution in [0.4, 0.5) is 0 Å². The SMILES string of the molecule is C[C@@H]1CNC(=O)C[C@@H](C)O1. The molecule has 0 aromatic rings. The number of carbonyl (C=O) groups excluding carboxylic acids is 1. The number of nitrogens with one attached hydrogen (secondary N) is 1. The summed E-state index contributed by atoms with van der Waals surface area (Å²) < 4.78 is 5.40. The standard InChI is InChI=1S/C7H13NO2/c1-5-3-7(9)8-4-6(2)10-5/h5-6H,3-4H2,1-2H3,(H,8,9)/t5-,6-/m1/s1. The van der Waals surface area contributed by atoms with Crippen LogP contribution in [-0.2, 0) is 9.53 Å². The van der Waals surface area contributed by atoms with Crippen LogP contribution in [0.1, 0.15) is 20.3 Å². The second-order valence-electron chi connectivity index (χ2n) is 2.77. The molecule has 0 saturated carbocycles. The van der Waals surface area contributed by atoms with Gasteiger partial charge in [-0.2, -0.15) is 0 Å². The van der Waals surface area contributed by atoms with Crippen molar-refractivity contribution in [1.82, 2.24) is 5.32 Å². The maximum absolute atomic E-state index is 10.8. The van der Waals surface area contributed by atoms with Crippen molar-refractivity contribution >= 4 is 5.91 Å². The molecule has 1 N–H and O–H groups in total. The van der Waals surface area contributed by atoms with Gasteiger partial charge in [0.15, 0.2) is 0 Å².